The number of carbonyl (C=O) groups excluding carboxylic acids is 1. The third-order valence-electron chi connectivity index (χ3n) is 3.99. The van der Waals surface area contributed by atoms with Gasteiger partial charge < -0.3 is 19.0 Å². The van der Waals surface area contributed by atoms with Gasteiger partial charge in [0.15, 0.2) is 23.1 Å². The van der Waals surface area contributed by atoms with Crippen LogP contribution in [0.15, 0.2) is 54.7 Å². The van der Waals surface area contributed by atoms with Gasteiger partial charge in [0.05, 0.1) is 11.4 Å². The zero-order chi connectivity index (χ0) is 22.0. The van der Waals surface area contributed by atoms with Crippen molar-refractivity contribution < 1.29 is 37.0 Å². The van der Waals surface area contributed by atoms with E-state index in [2.05, 4.69) is 14.5 Å². The lowest BCUT2D eigenvalue weighted by atomic mass is 10.2. The lowest BCUT2D eigenvalue weighted by Gasteiger charge is -2.21. The summed E-state index contributed by atoms with van der Waals surface area (Å²) in [5.74, 6) is -1.29. The van der Waals surface area contributed by atoms with Crippen molar-refractivity contribution >= 4 is 17.8 Å². The lowest BCUT2D eigenvalue weighted by molar-refractivity contribution is -0.286. The maximum Gasteiger partial charge on any atom is 0.586 e. The van der Waals surface area contributed by atoms with Crippen molar-refractivity contribution in [1.29, 1.82) is 5.26 Å². The molecule has 0 fully saturated rings. The first-order valence-corrected chi connectivity index (χ1v) is 8.52. The fourth-order valence-corrected chi connectivity index (χ4v) is 2.74. The second-order valence-corrected chi connectivity index (χ2v) is 6.00. The Labute approximate surface area is 172 Å². The maximum atomic E-state index is 14.6. The van der Waals surface area contributed by atoms with Gasteiger partial charge in [-0.2, -0.15) is 10.3 Å². The largest absolute Gasteiger partial charge is 0.586 e. The molecule has 0 amide bonds. The van der Waals surface area contributed by atoms with E-state index in [0.29, 0.717) is 0 Å². The van der Waals surface area contributed by atoms with Crippen molar-refractivity contribution in [3.8, 4) is 29.1 Å². The van der Waals surface area contributed by atoms with Gasteiger partial charge in [-0.3, -0.25) is 4.79 Å². The summed E-state index contributed by atoms with van der Waals surface area (Å²) in [6.45, 7) is 0.0852. The predicted molar refractivity (Wildman–Crippen MR) is 97.4 cm³/mol. The molecule has 31 heavy (non-hydrogen) atoms. The van der Waals surface area contributed by atoms with E-state index in [4.69, 9.17) is 14.8 Å². The average molecular weight is 429 g/mol. The molecule has 0 saturated carbocycles. The average Bonchev–Trinajstić information content (AvgIpc) is 3.06. The molecule has 1 aliphatic heterocycles. The van der Waals surface area contributed by atoms with Crippen LogP contribution in [0.25, 0.3) is 0 Å². The molecule has 0 spiro atoms. The Morgan fingerprint density at radius 2 is 1.81 bits per heavy atom. The SMILES string of the molecule is N#Cc1cc(Oc2ccc(N(OC=O)c3ccc4c(c3)OC(F)(F)O4)cc2F)ccn1. The van der Waals surface area contributed by atoms with E-state index in [1.54, 1.807) is 0 Å². The maximum absolute atomic E-state index is 14.6. The summed E-state index contributed by atoms with van der Waals surface area (Å²) in [4.78, 5) is 19.6. The third kappa shape index (κ3) is 4.13. The number of anilines is 2. The van der Waals surface area contributed by atoms with Crippen LogP contribution >= 0.6 is 0 Å². The van der Waals surface area contributed by atoms with Gasteiger partial charge in [0.25, 0.3) is 0 Å². The van der Waals surface area contributed by atoms with E-state index in [1.807, 2.05) is 6.07 Å². The molecule has 0 aliphatic carbocycles. The van der Waals surface area contributed by atoms with Crippen LogP contribution in [0.3, 0.4) is 0 Å². The fourth-order valence-electron chi connectivity index (χ4n) is 2.74. The van der Waals surface area contributed by atoms with Crippen LogP contribution in [0.1, 0.15) is 5.69 Å². The number of fused-ring (bicyclic) bond motifs is 1. The molecule has 1 aliphatic rings. The Balaban J connectivity index is 1.62. The summed E-state index contributed by atoms with van der Waals surface area (Å²) in [5, 5.41) is 9.78. The predicted octanol–water partition coefficient (Wildman–Crippen LogP) is 4.43. The smallest absolute Gasteiger partial charge is 0.454 e. The van der Waals surface area contributed by atoms with Crippen molar-refractivity contribution in [2.24, 2.45) is 0 Å². The Hall–Kier alpha value is -4.46. The Bertz CT molecular complexity index is 1200. The first kappa shape index (κ1) is 19.8. The van der Waals surface area contributed by atoms with Crippen LogP contribution in [0.4, 0.5) is 24.5 Å². The minimum Gasteiger partial charge on any atom is -0.454 e. The number of alkyl halides is 2. The molecule has 2 aromatic carbocycles. The number of ether oxygens (including phenoxy) is 3. The highest BCUT2D eigenvalue weighted by molar-refractivity contribution is 5.67. The van der Waals surface area contributed by atoms with Crippen molar-refractivity contribution in [2.45, 2.75) is 6.29 Å². The highest BCUT2D eigenvalue weighted by atomic mass is 19.3. The van der Waals surface area contributed by atoms with Gasteiger partial charge in [-0.15, -0.1) is 8.78 Å². The monoisotopic (exact) mass is 429 g/mol. The van der Waals surface area contributed by atoms with Gasteiger partial charge in [0.2, 0.25) is 0 Å². The highest BCUT2D eigenvalue weighted by Crippen LogP contribution is 2.44. The summed E-state index contributed by atoms with van der Waals surface area (Å²) >= 11 is 0. The van der Waals surface area contributed by atoms with Crippen LogP contribution < -0.4 is 19.3 Å². The van der Waals surface area contributed by atoms with Crippen molar-refractivity contribution in [1.82, 2.24) is 4.98 Å². The van der Waals surface area contributed by atoms with E-state index in [0.717, 1.165) is 17.2 Å². The lowest BCUT2D eigenvalue weighted by Crippen LogP contribution is -2.25. The zero-order valence-electron chi connectivity index (χ0n) is 15.3. The molecule has 0 N–H and O–H groups in total. The molecule has 3 aromatic rings. The van der Waals surface area contributed by atoms with Crippen LogP contribution in [0, 0.1) is 17.1 Å². The van der Waals surface area contributed by atoms with Crippen LogP contribution in [-0.4, -0.2) is 17.8 Å². The molecular weight excluding hydrogens is 419 g/mol. The van der Waals surface area contributed by atoms with Crippen LogP contribution in [-0.2, 0) is 9.63 Å². The van der Waals surface area contributed by atoms with Crippen molar-refractivity contribution in [2.75, 3.05) is 5.06 Å². The number of aromatic nitrogens is 1. The topological polar surface area (TPSA) is 93.9 Å². The minimum absolute atomic E-state index is 0.0509. The molecule has 4 rings (SSSR count). The molecule has 0 bridgehead atoms. The number of hydrogen-bond acceptors (Lipinski definition) is 8. The Kier molecular flexibility index (Phi) is 4.96. The molecule has 1 aromatic heterocycles. The number of hydrogen-bond donors (Lipinski definition) is 0. The number of nitriles is 1. The van der Waals surface area contributed by atoms with Gasteiger partial charge in [-0.05, 0) is 30.3 Å². The van der Waals surface area contributed by atoms with Gasteiger partial charge in [-0.25, -0.2) is 9.37 Å². The van der Waals surface area contributed by atoms with Crippen molar-refractivity contribution in [3.63, 3.8) is 0 Å². The van der Waals surface area contributed by atoms with Crippen LogP contribution in [0.2, 0.25) is 0 Å². The van der Waals surface area contributed by atoms with E-state index in [-0.39, 0.29) is 46.5 Å². The quantitative estimate of drug-likeness (QED) is 0.420. The number of nitrogens with zero attached hydrogens (tertiary/aromatic N) is 3. The van der Waals surface area contributed by atoms with E-state index in [1.165, 1.54) is 42.6 Å². The molecule has 0 atom stereocenters. The first-order chi connectivity index (χ1) is 14.9. The first-order valence-electron chi connectivity index (χ1n) is 8.52. The van der Waals surface area contributed by atoms with Gasteiger partial charge in [0.1, 0.15) is 17.5 Å². The second kappa shape index (κ2) is 7.75. The summed E-state index contributed by atoms with van der Waals surface area (Å²) in [5.41, 5.74) is 0.233. The normalized spacial score (nSPS) is 13.2. The molecule has 0 radical (unpaired) electrons. The molecule has 8 nitrogen and oxygen atoms in total. The zero-order valence-corrected chi connectivity index (χ0v) is 15.3. The van der Waals surface area contributed by atoms with Crippen molar-refractivity contribution in [3.05, 3.63) is 66.2 Å². The van der Waals surface area contributed by atoms with E-state index < -0.39 is 12.1 Å². The summed E-state index contributed by atoms with van der Waals surface area (Å²) in [6, 6.07) is 11.9. The molecule has 0 saturated heterocycles. The minimum atomic E-state index is -3.82. The molecule has 156 valence electrons. The molecule has 11 heteroatoms. The third-order valence-corrected chi connectivity index (χ3v) is 3.99. The van der Waals surface area contributed by atoms with E-state index >= 15 is 0 Å². The number of pyridine rings is 1. The van der Waals surface area contributed by atoms with Gasteiger partial charge in [-0.1, -0.05) is 0 Å². The molecule has 2 heterocycles. The molecule has 0 unspecified atom stereocenters. The van der Waals surface area contributed by atoms with E-state index in [9.17, 15) is 18.0 Å². The fraction of sp³-hybridized carbons (Fsp3) is 0.0500. The number of benzene rings is 2. The molecular formula is C20H10F3N3O5. The Morgan fingerprint density at radius 1 is 1.06 bits per heavy atom. The summed E-state index contributed by atoms with van der Waals surface area (Å²) < 4.78 is 55.2. The highest BCUT2D eigenvalue weighted by Gasteiger charge is 2.43. The Morgan fingerprint density at radius 3 is 2.55 bits per heavy atom. The van der Waals surface area contributed by atoms with Gasteiger partial charge >= 0.3 is 12.8 Å². The number of carbonyl (C=O) groups is 1. The summed E-state index contributed by atoms with van der Waals surface area (Å²) in [6.07, 6.45) is -2.48. The standard InChI is InChI=1S/C20H10F3N3O5/c21-16-8-13(1-3-17(16)29-15-5-6-25-12(7-15)10-24)26(28-11-27)14-2-4-18-19(9-14)31-20(22,23)30-18/h1-9,11H. The number of halogens is 3. The van der Waals surface area contributed by atoms with Crippen LogP contribution in [0.5, 0.6) is 23.0 Å². The second-order valence-electron chi connectivity index (χ2n) is 6.00. The summed E-state index contributed by atoms with van der Waals surface area (Å²) in [7, 11) is 0. The van der Waals surface area contributed by atoms with Gasteiger partial charge in [0, 0.05) is 24.4 Å². The number of rotatable bonds is 6.